The van der Waals surface area contributed by atoms with Crippen molar-refractivity contribution in [2.45, 2.75) is 19.4 Å². The Balaban J connectivity index is 1.37. The molecule has 156 valence electrons. The fourth-order valence-corrected chi connectivity index (χ4v) is 3.60. The van der Waals surface area contributed by atoms with E-state index in [1.165, 1.54) is 12.8 Å². The van der Waals surface area contributed by atoms with E-state index in [0.717, 1.165) is 35.4 Å². The fourth-order valence-electron chi connectivity index (χ4n) is 3.60. The van der Waals surface area contributed by atoms with Gasteiger partial charge in [0.15, 0.2) is 12.4 Å². The van der Waals surface area contributed by atoms with Gasteiger partial charge in [-0.05, 0) is 36.6 Å². The van der Waals surface area contributed by atoms with Gasteiger partial charge in [-0.1, -0.05) is 12.1 Å². The Morgan fingerprint density at radius 1 is 1.13 bits per heavy atom. The zero-order valence-corrected chi connectivity index (χ0v) is 17.2. The Hall–Kier alpha value is -3.42. The van der Waals surface area contributed by atoms with Crippen LogP contribution in [0.25, 0.3) is 10.9 Å². The number of methoxy groups -OCH3 is 1. The number of carbonyl (C=O) groups excluding carboxylic acids is 1. The van der Waals surface area contributed by atoms with Crippen LogP contribution in [0.5, 0.6) is 11.6 Å². The highest BCUT2D eigenvalue weighted by Gasteiger charge is 2.16. The first kappa shape index (κ1) is 19.9. The number of anilines is 1. The van der Waals surface area contributed by atoms with Crippen LogP contribution in [-0.4, -0.2) is 59.8 Å². The third kappa shape index (κ3) is 4.27. The van der Waals surface area contributed by atoms with Crippen LogP contribution in [0.4, 0.5) is 5.82 Å². The molecule has 0 saturated carbocycles. The molecular formula is C22H25N5O3. The molecule has 4 rings (SSSR count). The molecule has 1 aromatic carbocycles. The molecule has 0 radical (unpaired) electrons. The normalized spacial score (nSPS) is 13.5. The summed E-state index contributed by atoms with van der Waals surface area (Å²) in [6, 6.07) is 11.3. The minimum atomic E-state index is -0.145. The van der Waals surface area contributed by atoms with Crippen molar-refractivity contribution in [3.8, 4) is 11.6 Å². The number of rotatable bonds is 7. The molecule has 0 spiro atoms. The van der Waals surface area contributed by atoms with Crippen LogP contribution in [0, 0.1) is 0 Å². The zero-order chi connectivity index (χ0) is 20.9. The highest BCUT2D eigenvalue weighted by Crippen LogP contribution is 2.27. The van der Waals surface area contributed by atoms with E-state index in [-0.39, 0.29) is 12.5 Å². The van der Waals surface area contributed by atoms with Gasteiger partial charge in [-0.2, -0.15) is 0 Å². The SMILES string of the molecule is COc1ccc(CN(C)C(=O)COc2ccc(N3CCCC3)nn2)c2cccnc12. The monoisotopic (exact) mass is 407 g/mol. The molecule has 0 bridgehead atoms. The number of benzene rings is 1. The van der Waals surface area contributed by atoms with Gasteiger partial charge >= 0.3 is 0 Å². The molecule has 1 aliphatic heterocycles. The Bertz CT molecular complexity index is 1020. The van der Waals surface area contributed by atoms with E-state index in [1.807, 2.05) is 30.3 Å². The van der Waals surface area contributed by atoms with Crippen molar-refractivity contribution in [1.29, 1.82) is 0 Å². The Morgan fingerprint density at radius 2 is 1.97 bits per heavy atom. The van der Waals surface area contributed by atoms with Crippen molar-refractivity contribution < 1.29 is 14.3 Å². The molecule has 1 amide bonds. The molecule has 1 aliphatic rings. The lowest BCUT2D eigenvalue weighted by atomic mass is 10.1. The average molecular weight is 407 g/mol. The Morgan fingerprint density at radius 3 is 2.70 bits per heavy atom. The van der Waals surface area contributed by atoms with Gasteiger partial charge in [-0.3, -0.25) is 9.78 Å². The number of hydrogen-bond donors (Lipinski definition) is 0. The van der Waals surface area contributed by atoms with Crippen LogP contribution < -0.4 is 14.4 Å². The number of aromatic nitrogens is 3. The van der Waals surface area contributed by atoms with Gasteiger partial charge in [-0.15, -0.1) is 10.2 Å². The van der Waals surface area contributed by atoms with Crippen LogP contribution in [0.3, 0.4) is 0 Å². The van der Waals surface area contributed by atoms with E-state index in [9.17, 15) is 4.79 Å². The first-order chi connectivity index (χ1) is 14.7. The minimum absolute atomic E-state index is 0.0966. The summed E-state index contributed by atoms with van der Waals surface area (Å²) in [6.07, 6.45) is 4.09. The van der Waals surface area contributed by atoms with Crippen molar-refractivity contribution in [2.24, 2.45) is 0 Å². The molecule has 8 nitrogen and oxygen atoms in total. The number of likely N-dealkylation sites (N-methyl/N-ethyl adjacent to an activating group) is 1. The predicted molar refractivity (Wildman–Crippen MR) is 114 cm³/mol. The molecular weight excluding hydrogens is 382 g/mol. The Labute approximate surface area is 175 Å². The Kier molecular flexibility index (Phi) is 5.92. The summed E-state index contributed by atoms with van der Waals surface area (Å²) in [5.74, 6) is 1.76. The van der Waals surface area contributed by atoms with Gasteiger partial charge in [-0.25, -0.2) is 0 Å². The van der Waals surface area contributed by atoms with Gasteiger partial charge in [0, 0.05) is 44.3 Å². The van der Waals surface area contributed by atoms with Gasteiger partial charge in [0.25, 0.3) is 5.91 Å². The van der Waals surface area contributed by atoms with Crippen LogP contribution in [0.2, 0.25) is 0 Å². The lowest BCUT2D eigenvalue weighted by Gasteiger charge is -2.19. The third-order valence-corrected chi connectivity index (χ3v) is 5.28. The minimum Gasteiger partial charge on any atom is -0.494 e. The van der Waals surface area contributed by atoms with Gasteiger partial charge in [0.1, 0.15) is 11.3 Å². The van der Waals surface area contributed by atoms with Crippen molar-refractivity contribution >= 4 is 22.6 Å². The topological polar surface area (TPSA) is 80.7 Å². The van der Waals surface area contributed by atoms with E-state index in [1.54, 1.807) is 31.3 Å². The standard InChI is InChI=1S/C22H25N5O3/c1-26(14-16-7-8-18(29-2)22-17(16)6-5-11-23-22)21(28)15-30-20-10-9-19(24-25-20)27-12-3-4-13-27/h5-11H,3-4,12-15H2,1-2H3. The number of carbonyl (C=O) groups is 1. The molecule has 0 aliphatic carbocycles. The van der Waals surface area contributed by atoms with Crippen LogP contribution >= 0.6 is 0 Å². The third-order valence-electron chi connectivity index (χ3n) is 5.28. The second kappa shape index (κ2) is 8.94. The maximum Gasteiger partial charge on any atom is 0.260 e. The summed E-state index contributed by atoms with van der Waals surface area (Å²) in [7, 11) is 3.37. The summed E-state index contributed by atoms with van der Waals surface area (Å²) in [5, 5.41) is 9.26. The van der Waals surface area contributed by atoms with Gasteiger partial charge in [0.05, 0.1) is 7.11 Å². The van der Waals surface area contributed by atoms with Gasteiger partial charge < -0.3 is 19.3 Å². The number of amides is 1. The maximum atomic E-state index is 12.6. The number of pyridine rings is 1. The van der Waals surface area contributed by atoms with E-state index in [2.05, 4.69) is 20.1 Å². The van der Waals surface area contributed by atoms with Crippen molar-refractivity contribution in [1.82, 2.24) is 20.1 Å². The molecule has 0 atom stereocenters. The van der Waals surface area contributed by atoms with Crippen molar-refractivity contribution in [3.05, 3.63) is 48.2 Å². The van der Waals surface area contributed by atoms with Crippen LogP contribution in [0.15, 0.2) is 42.6 Å². The van der Waals surface area contributed by atoms with E-state index < -0.39 is 0 Å². The second-order valence-electron chi connectivity index (χ2n) is 7.29. The van der Waals surface area contributed by atoms with Crippen LogP contribution in [0.1, 0.15) is 18.4 Å². The average Bonchev–Trinajstić information content (AvgIpc) is 3.33. The summed E-state index contributed by atoms with van der Waals surface area (Å²) in [5.41, 5.74) is 1.77. The summed E-state index contributed by atoms with van der Waals surface area (Å²) < 4.78 is 10.9. The molecule has 3 aromatic rings. The molecule has 0 unspecified atom stereocenters. The number of hydrogen-bond acceptors (Lipinski definition) is 7. The summed E-state index contributed by atoms with van der Waals surface area (Å²) in [4.78, 5) is 20.8. The van der Waals surface area contributed by atoms with E-state index in [0.29, 0.717) is 18.2 Å². The molecule has 30 heavy (non-hydrogen) atoms. The second-order valence-corrected chi connectivity index (χ2v) is 7.29. The predicted octanol–water partition coefficient (Wildman–Crippen LogP) is 2.67. The molecule has 2 aromatic heterocycles. The quantitative estimate of drug-likeness (QED) is 0.596. The molecule has 3 heterocycles. The van der Waals surface area contributed by atoms with E-state index in [4.69, 9.17) is 9.47 Å². The molecule has 1 fully saturated rings. The molecule has 8 heteroatoms. The van der Waals surface area contributed by atoms with Crippen LogP contribution in [-0.2, 0) is 11.3 Å². The van der Waals surface area contributed by atoms with Crippen molar-refractivity contribution in [2.75, 3.05) is 38.8 Å². The zero-order valence-electron chi connectivity index (χ0n) is 17.2. The van der Waals surface area contributed by atoms with Crippen molar-refractivity contribution in [3.63, 3.8) is 0 Å². The molecule has 0 N–H and O–H groups in total. The molecule has 1 saturated heterocycles. The number of ether oxygens (including phenoxy) is 2. The lowest BCUT2D eigenvalue weighted by Crippen LogP contribution is -2.31. The number of nitrogens with zero attached hydrogens (tertiary/aromatic N) is 5. The largest absolute Gasteiger partial charge is 0.494 e. The highest BCUT2D eigenvalue weighted by atomic mass is 16.5. The summed E-state index contributed by atoms with van der Waals surface area (Å²) >= 11 is 0. The first-order valence-electron chi connectivity index (χ1n) is 10.0. The first-order valence-corrected chi connectivity index (χ1v) is 10.0. The fraction of sp³-hybridized carbons (Fsp3) is 0.364. The smallest absolute Gasteiger partial charge is 0.260 e. The highest BCUT2D eigenvalue weighted by molar-refractivity contribution is 5.88. The van der Waals surface area contributed by atoms with E-state index >= 15 is 0 Å². The number of fused-ring (bicyclic) bond motifs is 1. The summed E-state index contributed by atoms with van der Waals surface area (Å²) in [6.45, 7) is 2.36. The van der Waals surface area contributed by atoms with Gasteiger partial charge in [0.2, 0.25) is 5.88 Å². The lowest BCUT2D eigenvalue weighted by molar-refractivity contribution is -0.132. The maximum absolute atomic E-state index is 12.6.